The molecule has 1 amide bonds. The number of hydrogen-bond donors (Lipinski definition) is 2. The number of aromatic nitrogens is 6. The molecular formula is C28H27ClF3N9O2. The van der Waals surface area contributed by atoms with Crippen molar-refractivity contribution < 1.29 is 18.0 Å². The Labute approximate surface area is 247 Å². The summed E-state index contributed by atoms with van der Waals surface area (Å²) in [6, 6.07) is 8.26. The molecule has 2 aromatic carbocycles. The molecule has 6 rings (SSSR count). The molecule has 1 fully saturated rings. The van der Waals surface area contributed by atoms with Crippen LogP contribution in [0, 0.1) is 0 Å². The van der Waals surface area contributed by atoms with Gasteiger partial charge in [-0.2, -0.15) is 27.8 Å². The van der Waals surface area contributed by atoms with Gasteiger partial charge in [0, 0.05) is 50.4 Å². The number of alkyl halides is 3. The van der Waals surface area contributed by atoms with E-state index in [0.717, 1.165) is 29.1 Å². The van der Waals surface area contributed by atoms with E-state index < -0.39 is 17.6 Å². The normalized spacial score (nSPS) is 14.1. The van der Waals surface area contributed by atoms with Crippen molar-refractivity contribution in [1.82, 2.24) is 34.3 Å². The number of halogens is 4. The third-order valence-electron chi connectivity index (χ3n) is 7.34. The van der Waals surface area contributed by atoms with Crippen LogP contribution in [-0.4, -0.2) is 61.0 Å². The van der Waals surface area contributed by atoms with Crippen molar-refractivity contribution >= 4 is 45.6 Å². The van der Waals surface area contributed by atoms with Crippen LogP contribution in [0.1, 0.15) is 18.2 Å². The summed E-state index contributed by atoms with van der Waals surface area (Å²) in [4.78, 5) is 33.9. The third-order valence-corrected chi connectivity index (χ3v) is 7.66. The summed E-state index contributed by atoms with van der Waals surface area (Å²) in [5.74, 6) is -0.104. The summed E-state index contributed by atoms with van der Waals surface area (Å²) in [6.45, 7) is 4.12. The van der Waals surface area contributed by atoms with Crippen LogP contribution in [0.25, 0.3) is 28.1 Å². The van der Waals surface area contributed by atoms with E-state index in [1.165, 1.54) is 4.52 Å². The van der Waals surface area contributed by atoms with Gasteiger partial charge in [-0.05, 0) is 42.8 Å². The number of nitrogens with one attached hydrogen (secondary N) is 2. The lowest BCUT2D eigenvalue weighted by atomic mass is 10.1. The van der Waals surface area contributed by atoms with Gasteiger partial charge < -0.3 is 20.1 Å². The Morgan fingerprint density at radius 3 is 2.58 bits per heavy atom. The summed E-state index contributed by atoms with van der Waals surface area (Å²) >= 11 is 6.09. The molecule has 1 aliphatic heterocycles. The van der Waals surface area contributed by atoms with Crippen molar-refractivity contribution in [3.8, 4) is 11.4 Å². The monoisotopic (exact) mass is 613 g/mol. The number of amides is 1. The van der Waals surface area contributed by atoms with Gasteiger partial charge in [-0.3, -0.25) is 14.3 Å². The van der Waals surface area contributed by atoms with E-state index in [1.54, 1.807) is 9.25 Å². The van der Waals surface area contributed by atoms with Crippen molar-refractivity contribution in [3.63, 3.8) is 0 Å². The molecular weight excluding hydrogens is 587 g/mol. The molecule has 1 saturated heterocycles. The Bertz CT molecular complexity index is 1920. The van der Waals surface area contributed by atoms with E-state index in [4.69, 9.17) is 16.6 Å². The first-order valence-corrected chi connectivity index (χ1v) is 14.0. The van der Waals surface area contributed by atoms with Crippen molar-refractivity contribution in [3.05, 3.63) is 69.2 Å². The number of piperazine rings is 1. The molecule has 224 valence electrons. The summed E-state index contributed by atoms with van der Waals surface area (Å²) in [7, 11) is 1.82. The maximum absolute atomic E-state index is 13.9. The van der Waals surface area contributed by atoms with Crippen LogP contribution >= 0.6 is 11.6 Å². The van der Waals surface area contributed by atoms with Gasteiger partial charge in [0.2, 0.25) is 11.7 Å². The Hall–Kier alpha value is -4.43. The second kappa shape index (κ2) is 11.0. The predicted octanol–water partition coefficient (Wildman–Crippen LogP) is 3.73. The fraction of sp³-hybridized carbons (Fsp3) is 0.321. The number of hydrogen-bond acceptors (Lipinski definition) is 7. The lowest BCUT2D eigenvalue weighted by Gasteiger charge is -2.31. The highest BCUT2D eigenvalue weighted by molar-refractivity contribution is 6.33. The first-order chi connectivity index (χ1) is 20.5. The lowest BCUT2D eigenvalue weighted by molar-refractivity contribution is -0.137. The van der Waals surface area contributed by atoms with E-state index in [-0.39, 0.29) is 28.6 Å². The van der Waals surface area contributed by atoms with Crippen molar-refractivity contribution in [1.29, 1.82) is 0 Å². The van der Waals surface area contributed by atoms with Crippen molar-refractivity contribution in [2.24, 2.45) is 7.05 Å². The molecule has 0 atom stereocenters. The molecule has 2 N–H and O–H groups in total. The first-order valence-electron chi connectivity index (χ1n) is 13.6. The van der Waals surface area contributed by atoms with Gasteiger partial charge in [0.1, 0.15) is 12.2 Å². The van der Waals surface area contributed by atoms with Crippen LogP contribution in [0.2, 0.25) is 5.02 Å². The first kappa shape index (κ1) is 28.7. The average molecular weight is 614 g/mol. The largest absolute Gasteiger partial charge is 0.416 e. The Morgan fingerprint density at radius 1 is 1.12 bits per heavy atom. The van der Waals surface area contributed by atoms with Crippen LogP contribution in [0.15, 0.2) is 47.4 Å². The molecule has 0 spiro atoms. The molecule has 0 unspecified atom stereocenters. The van der Waals surface area contributed by atoms with Gasteiger partial charge in [-0.25, -0.2) is 0 Å². The summed E-state index contributed by atoms with van der Waals surface area (Å²) < 4.78 is 43.9. The molecule has 1 aliphatic rings. The minimum absolute atomic E-state index is 0.0315. The fourth-order valence-electron chi connectivity index (χ4n) is 5.35. The zero-order valence-corrected chi connectivity index (χ0v) is 24.0. The van der Waals surface area contributed by atoms with Crippen molar-refractivity contribution in [2.75, 3.05) is 36.4 Å². The van der Waals surface area contributed by atoms with Crippen LogP contribution in [0.5, 0.6) is 0 Å². The third kappa shape index (κ3) is 5.43. The molecule has 0 radical (unpaired) electrons. The summed E-state index contributed by atoms with van der Waals surface area (Å²) in [5, 5.41) is 15.5. The standard InChI is InChI=1S/C28H27ClF3N9O2/c1-3-22-24(39-10-8-33-9-11-39)26(43)41-27(35-25(37-41)16-4-6-20-17(12-16)14-38(2)36-20)40(22)15-23(42)34-21-7-5-18(13-19(21)29)28(30,31)32/h4-7,12-14,33H,3,8-11,15H2,1-2H3,(H,34,42). The number of benzene rings is 2. The fourth-order valence-corrected chi connectivity index (χ4v) is 5.58. The number of carbonyl (C=O) groups is 1. The summed E-state index contributed by atoms with van der Waals surface area (Å²) in [6.07, 6.45) is -2.30. The minimum Gasteiger partial charge on any atom is -0.363 e. The van der Waals surface area contributed by atoms with Gasteiger partial charge in [-0.15, -0.1) is 5.10 Å². The number of nitrogens with zero attached hydrogens (tertiary/aromatic N) is 7. The summed E-state index contributed by atoms with van der Waals surface area (Å²) in [5.41, 5.74) is 1.24. The maximum Gasteiger partial charge on any atom is 0.416 e. The molecule has 0 bridgehead atoms. The number of aryl methyl sites for hydroxylation is 1. The molecule has 15 heteroatoms. The van der Waals surface area contributed by atoms with Gasteiger partial charge in [0.25, 0.3) is 5.56 Å². The predicted molar refractivity (Wildman–Crippen MR) is 156 cm³/mol. The number of anilines is 2. The average Bonchev–Trinajstić information content (AvgIpc) is 3.58. The zero-order chi connectivity index (χ0) is 30.5. The topological polar surface area (TPSA) is 114 Å². The van der Waals surface area contributed by atoms with E-state index in [0.29, 0.717) is 55.4 Å². The highest BCUT2D eigenvalue weighted by Gasteiger charge is 2.31. The molecule has 5 aromatic rings. The number of fused-ring (bicyclic) bond motifs is 2. The SMILES string of the molecule is CCc1c(N2CCNCC2)c(=O)n2nc(-c3ccc4nn(C)cc4c3)nc2n1CC(=O)Nc1ccc(C(F)(F)F)cc1Cl. The highest BCUT2D eigenvalue weighted by atomic mass is 35.5. The van der Waals surface area contributed by atoms with E-state index >= 15 is 0 Å². The maximum atomic E-state index is 13.9. The van der Waals surface area contributed by atoms with E-state index in [9.17, 15) is 22.8 Å². The van der Waals surface area contributed by atoms with Crippen LogP contribution in [0.3, 0.4) is 0 Å². The van der Waals surface area contributed by atoms with Crippen LogP contribution in [0.4, 0.5) is 24.5 Å². The van der Waals surface area contributed by atoms with Gasteiger partial charge in [0.15, 0.2) is 5.82 Å². The van der Waals surface area contributed by atoms with Crippen LogP contribution < -0.4 is 21.1 Å². The van der Waals surface area contributed by atoms with Gasteiger partial charge in [-0.1, -0.05) is 18.5 Å². The van der Waals surface area contributed by atoms with E-state index in [1.807, 2.05) is 43.3 Å². The number of carbonyl (C=O) groups excluding carboxylic acids is 1. The Kier molecular flexibility index (Phi) is 7.34. The molecule has 0 saturated carbocycles. The highest BCUT2D eigenvalue weighted by Crippen LogP contribution is 2.34. The van der Waals surface area contributed by atoms with Crippen LogP contribution in [-0.2, 0) is 31.0 Å². The van der Waals surface area contributed by atoms with E-state index in [2.05, 4.69) is 20.8 Å². The second-order valence-corrected chi connectivity index (χ2v) is 10.6. The molecule has 3 aromatic heterocycles. The smallest absolute Gasteiger partial charge is 0.363 e. The lowest BCUT2D eigenvalue weighted by Crippen LogP contribution is -2.47. The van der Waals surface area contributed by atoms with Crippen molar-refractivity contribution in [2.45, 2.75) is 26.1 Å². The Balaban J connectivity index is 1.44. The molecule has 4 heterocycles. The Morgan fingerprint density at radius 2 is 1.88 bits per heavy atom. The number of rotatable bonds is 6. The molecule has 11 nitrogen and oxygen atoms in total. The second-order valence-electron chi connectivity index (χ2n) is 10.2. The minimum atomic E-state index is -4.57. The quantitative estimate of drug-likeness (QED) is 0.300. The zero-order valence-electron chi connectivity index (χ0n) is 23.2. The van der Waals surface area contributed by atoms with Gasteiger partial charge >= 0.3 is 6.18 Å². The molecule has 0 aliphatic carbocycles. The molecule has 43 heavy (non-hydrogen) atoms. The van der Waals surface area contributed by atoms with Gasteiger partial charge in [0.05, 0.1) is 27.5 Å².